The van der Waals surface area contributed by atoms with Gasteiger partial charge in [-0.25, -0.2) is 0 Å². The van der Waals surface area contributed by atoms with Crippen molar-refractivity contribution in [2.45, 2.75) is 31.7 Å². The number of guanidine groups is 1. The number of benzene rings is 1. The number of hydrogen-bond donors (Lipinski definition) is 1. The maximum Gasteiger partial charge on any atom is 0.193 e. The lowest BCUT2D eigenvalue weighted by Crippen LogP contribution is -2.48. The van der Waals surface area contributed by atoms with Crippen LogP contribution >= 0.6 is 24.0 Å². The molecule has 2 aliphatic heterocycles. The molecule has 0 saturated carbocycles. The second kappa shape index (κ2) is 9.90. The molecule has 1 N–H and O–H groups in total. The first-order valence-corrected chi connectivity index (χ1v) is 9.43. The molecule has 26 heavy (non-hydrogen) atoms. The summed E-state index contributed by atoms with van der Waals surface area (Å²) in [6.45, 7) is 11.4. The van der Waals surface area contributed by atoms with Crippen molar-refractivity contribution in [2.24, 2.45) is 4.99 Å². The maximum atomic E-state index is 5.48. The predicted octanol–water partition coefficient (Wildman–Crippen LogP) is 2.56. The van der Waals surface area contributed by atoms with Crippen molar-refractivity contribution in [1.29, 1.82) is 0 Å². The summed E-state index contributed by atoms with van der Waals surface area (Å²) in [5.41, 5.74) is 1.42. The van der Waals surface area contributed by atoms with E-state index in [9.17, 15) is 0 Å². The minimum absolute atomic E-state index is 0. The molecule has 1 atom stereocenters. The summed E-state index contributed by atoms with van der Waals surface area (Å²) in [6.07, 6.45) is 1.21. The standard InChI is InChI=1S/C20H32N4O.HI/c1-20(2,17-7-5-4-6-8-17)16-22-19(21-3)24-10-9-18(15-24)23-11-13-25-14-12-23;/h4-8,18H,9-16H2,1-3H3,(H,21,22);1H. The highest BCUT2D eigenvalue weighted by Gasteiger charge is 2.31. The molecule has 5 nitrogen and oxygen atoms in total. The Balaban J connectivity index is 0.00000243. The largest absolute Gasteiger partial charge is 0.379 e. The molecule has 146 valence electrons. The highest BCUT2D eigenvalue weighted by atomic mass is 127. The van der Waals surface area contributed by atoms with Gasteiger partial charge in [0.2, 0.25) is 0 Å². The summed E-state index contributed by atoms with van der Waals surface area (Å²) in [4.78, 5) is 9.51. The van der Waals surface area contributed by atoms with Gasteiger partial charge in [-0.3, -0.25) is 9.89 Å². The molecule has 2 heterocycles. The highest BCUT2D eigenvalue weighted by molar-refractivity contribution is 14.0. The summed E-state index contributed by atoms with van der Waals surface area (Å²) < 4.78 is 5.48. The van der Waals surface area contributed by atoms with Crippen LogP contribution in [0.5, 0.6) is 0 Å². The van der Waals surface area contributed by atoms with Crippen LogP contribution in [0.15, 0.2) is 35.3 Å². The third-order valence-corrected chi connectivity index (χ3v) is 5.48. The molecule has 0 amide bonds. The Bertz CT molecular complexity index is 572. The van der Waals surface area contributed by atoms with E-state index in [4.69, 9.17) is 4.74 Å². The lowest BCUT2D eigenvalue weighted by Gasteiger charge is -2.33. The van der Waals surface area contributed by atoms with Crippen LogP contribution in [0.4, 0.5) is 0 Å². The van der Waals surface area contributed by atoms with E-state index >= 15 is 0 Å². The smallest absolute Gasteiger partial charge is 0.193 e. The monoisotopic (exact) mass is 472 g/mol. The van der Waals surface area contributed by atoms with Gasteiger partial charge in [0.05, 0.1) is 13.2 Å². The summed E-state index contributed by atoms with van der Waals surface area (Å²) in [7, 11) is 1.89. The van der Waals surface area contributed by atoms with Crippen molar-refractivity contribution in [1.82, 2.24) is 15.1 Å². The molecule has 1 aromatic carbocycles. The Morgan fingerprint density at radius 2 is 1.88 bits per heavy atom. The second-order valence-corrected chi connectivity index (χ2v) is 7.69. The van der Waals surface area contributed by atoms with Crippen molar-refractivity contribution >= 4 is 29.9 Å². The van der Waals surface area contributed by atoms with Crippen molar-refractivity contribution in [2.75, 3.05) is 53.0 Å². The molecule has 1 unspecified atom stereocenters. The summed E-state index contributed by atoms with van der Waals surface area (Å²) in [6, 6.07) is 11.3. The van der Waals surface area contributed by atoms with Crippen LogP contribution in [0.1, 0.15) is 25.8 Å². The quantitative estimate of drug-likeness (QED) is 0.416. The Morgan fingerprint density at radius 1 is 1.19 bits per heavy atom. The average molecular weight is 472 g/mol. The van der Waals surface area contributed by atoms with Crippen LogP contribution in [-0.2, 0) is 10.2 Å². The normalized spacial score (nSPS) is 22.2. The zero-order valence-corrected chi connectivity index (χ0v) is 18.6. The van der Waals surface area contributed by atoms with Gasteiger partial charge in [-0.1, -0.05) is 44.2 Å². The number of hydrogen-bond acceptors (Lipinski definition) is 3. The van der Waals surface area contributed by atoms with Crippen molar-refractivity contribution in [3.8, 4) is 0 Å². The molecule has 2 fully saturated rings. The lowest BCUT2D eigenvalue weighted by molar-refractivity contribution is 0.0195. The van der Waals surface area contributed by atoms with E-state index in [0.717, 1.165) is 51.9 Å². The Hall–Kier alpha value is -0.860. The molecule has 0 spiro atoms. The van der Waals surface area contributed by atoms with Crippen molar-refractivity contribution in [3.05, 3.63) is 35.9 Å². The molecule has 0 aromatic heterocycles. The molecule has 1 aromatic rings. The molecule has 2 aliphatic rings. The number of rotatable bonds is 4. The number of nitrogens with zero attached hydrogens (tertiary/aromatic N) is 3. The Morgan fingerprint density at radius 3 is 2.54 bits per heavy atom. The first-order chi connectivity index (χ1) is 12.1. The Kier molecular flexibility index (Phi) is 8.16. The van der Waals surface area contributed by atoms with E-state index in [1.54, 1.807) is 0 Å². The van der Waals surface area contributed by atoms with E-state index in [1.165, 1.54) is 12.0 Å². The fraction of sp³-hybridized carbons (Fsp3) is 0.650. The van der Waals surface area contributed by atoms with Crippen LogP contribution < -0.4 is 5.32 Å². The fourth-order valence-corrected chi connectivity index (χ4v) is 3.80. The first-order valence-electron chi connectivity index (χ1n) is 9.43. The van der Waals surface area contributed by atoms with E-state index in [2.05, 4.69) is 64.3 Å². The van der Waals surface area contributed by atoms with Crippen LogP contribution in [0, 0.1) is 0 Å². The predicted molar refractivity (Wildman–Crippen MR) is 119 cm³/mol. The molecular weight excluding hydrogens is 439 g/mol. The number of likely N-dealkylation sites (tertiary alicyclic amines) is 1. The Labute approximate surface area is 175 Å². The minimum atomic E-state index is 0. The van der Waals surface area contributed by atoms with Crippen LogP contribution in [0.2, 0.25) is 0 Å². The van der Waals surface area contributed by atoms with E-state index in [0.29, 0.717) is 6.04 Å². The summed E-state index contributed by atoms with van der Waals surface area (Å²) >= 11 is 0. The molecular formula is C20H33IN4O. The van der Waals surface area contributed by atoms with Gasteiger partial charge in [0.15, 0.2) is 5.96 Å². The zero-order valence-electron chi connectivity index (χ0n) is 16.3. The maximum absolute atomic E-state index is 5.48. The summed E-state index contributed by atoms with van der Waals surface area (Å²) in [5, 5.41) is 3.61. The van der Waals surface area contributed by atoms with Crippen LogP contribution in [0.25, 0.3) is 0 Å². The molecule has 0 bridgehead atoms. The van der Waals surface area contributed by atoms with E-state index < -0.39 is 0 Å². The number of nitrogens with one attached hydrogen (secondary N) is 1. The number of morpholine rings is 1. The average Bonchev–Trinajstić information content (AvgIpc) is 3.14. The van der Waals surface area contributed by atoms with Gasteiger partial charge in [0.1, 0.15) is 0 Å². The molecule has 0 aliphatic carbocycles. The van der Waals surface area contributed by atoms with Crippen molar-refractivity contribution in [3.63, 3.8) is 0 Å². The van der Waals surface area contributed by atoms with Gasteiger partial charge >= 0.3 is 0 Å². The number of aliphatic imine (C=N–C) groups is 1. The van der Waals surface area contributed by atoms with Gasteiger partial charge in [-0.2, -0.15) is 0 Å². The van der Waals surface area contributed by atoms with Crippen molar-refractivity contribution < 1.29 is 4.74 Å². The highest BCUT2D eigenvalue weighted by Crippen LogP contribution is 2.22. The third-order valence-electron chi connectivity index (χ3n) is 5.48. The first kappa shape index (κ1) is 21.4. The van der Waals surface area contributed by atoms with Gasteiger partial charge < -0.3 is 15.0 Å². The van der Waals surface area contributed by atoms with E-state index in [1.807, 2.05) is 7.05 Å². The number of halogens is 1. The molecule has 3 rings (SSSR count). The molecule has 2 saturated heterocycles. The zero-order chi connectivity index (χ0) is 17.7. The van der Waals surface area contributed by atoms with E-state index in [-0.39, 0.29) is 29.4 Å². The third kappa shape index (κ3) is 5.33. The lowest BCUT2D eigenvalue weighted by atomic mass is 9.85. The minimum Gasteiger partial charge on any atom is -0.379 e. The second-order valence-electron chi connectivity index (χ2n) is 7.69. The van der Waals surface area contributed by atoms with Gasteiger partial charge in [-0.05, 0) is 12.0 Å². The van der Waals surface area contributed by atoms with Crippen LogP contribution in [0.3, 0.4) is 0 Å². The van der Waals surface area contributed by atoms with Crippen LogP contribution in [-0.4, -0.2) is 74.8 Å². The van der Waals surface area contributed by atoms with Gasteiger partial charge in [0.25, 0.3) is 0 Å². The van der Waals surface area contributed by atoms with Gasteiger partial charge in [-0.15, -0.1) is 24.0 Å². The number of ether oxygens (including phenoxy) is 1. The SMILES string of the molecule is CN=C(NCC(C)(C)c1ccccc1)N1CCC(N2CCOCC2)C1.I. The molecule has 0 radical (unpaired) electrons. The topological polar surface area (TPSA) is 40.1 Å². The van der Waals surface area contributed by atoms with Gasteiger partial charge in [0, 0.05) is 51.2 Å². The summed E-state index contributed by atoms with van der Waals surface area (Å²) in [5.74, 6) is 1.03. The fourth-order valence-electron chi connectivity index (χ4n) is 3.80. The molecule has 6 heteroatoms.